The van der Waals surface area contributed by atoms with Crippen LogP contribution in [0.4, 0.5) is 0 Å². The second-order valence-corrected chi connectivity index (χ2v) is 6.12. The zero-order valence-electron chi connectivity index (χ0n) is 12.4. The molecule has 1 fully saturated rings. The molecule has 1 aromatic rings. The van der Waals surface area contributed by atoms with Gasteiger partial charge in [-0.2, -0.15) is 5.10 Å². The molecular formula is C15H21N3O4. The number of nitrogens with one attached hydrogen (secondary N) is 2. The van der Waals surface area contributed by atoms with Gasteiger partial charge in [-0.15, -0.1) is 0 Å². The van der Waals surface area contributed by atoms with Crippen molar-refractivity contribution in [3.63, 3.8) is 0 Å². The topological polar surface area (TPSA) is 104 Å². The van der Waals surface area contributed by atoms with Gasteiger partial charge in [0.25, 0.3) is 0 Å². The van der Waals surface area contributed by atoms with Crippen LogP contribution in [0.25, 0.3) is 0 Å². The van der Waals surface area contributed by atoms with Gasteiger partial charge in [-0.05, 0) is 43.6 Å². The fourth-order valence-corrected chi connectivity index (χ4v) is 3.32. The Bertz CT molecular complexity index is 551. The van der Waals surface area contributed by atoms with Crippen molar-refractivity contribution in [2.75, 3.05) is 13.2 Å². The number of hydrogen-bond acceptors (Lipinski definition) is 4. The summed E-state index contributed by atoms with van der Waals surface area (Å²) in [5.41, 5.74) is 1.89. The first-order chi connectivity index (χ1) is 10.6. The van der Waals surface area contributed by atoms with Crippen molar-refractivity contribution in [3.8, 4) is 0 Å². The van der Waals surface area contributed by atoms with Gasteiger partial charge in [-0.1, -0.05) is 0 Å². The highest BCUT2D eigenvalue weighted by Gasteiger charge is 2.32. The third kappa shape index (κ3) is 3.14. The maximum absolute atomic E-state index is 12.5. The SMILES string of the molecule is O=C(O)C(CC1CCOC1)NC(=O)C1CCCc2cn[nH]c21. The summed E-state index contributed by atoms with van der Waals surface area (Å²) in [7, 11) is 0. The molecule has 3 unspecified atom stereocenters. The summed E-state index contributed by atoms with van der Waals surface area (Å²) in [6.07, 6.45) is 5.58. The highest BCUT2D eigenvalue weighted by molar-refractivity contribution is 5.88. The molecule has 0 radical (unpaired) electrons. The van der Waals surface area contributed by atoms with E-state index in [1.165, 1.54) is 0 Å². The quantitative estimate of drug-likeness (QED) is 0.747. The number of aliphatic carboxylic acids is 1. The van der Waals surface area contributed by atoms with Crippen molar-refractivity contribution < 1.29 is 19.4 Å². The van der Waals surface area contributed by atoms with Crippen LogP contribution in [0.3, 0.4) is 0 Å². The van der Waals surface area contributed by atoms with E-state index in [9.17, 15) is 14.7 Å². The fraction of sp³-hybridized carbons (Fsp3) is 0.667. The van der Waals surface area contributed by atoms with Gasteiger partial charge < -0.3 is 15.2 Å². The maximum Gasteiger partial charge on any atom is 0.326 e. The smallest absolute Gasteiger partial charge is 0.326 e. The molecule has 3 rings (SSSR count). The van der Waals surface area contributed by atoms with Crippen molar-refractivity contribution >= 4 is 11.9 Å². The molecule has 1 aliphatic carbocycles. The number of aryl methyl sites for hydroxylation is 1. The van der Waals surface area contributed by atoms with Crippen LogP contribution in [0.15, 0.2) is 6.20 Å². The maximum atomic E-state index is 12.5. The molecule has 22 heavy (non-hydrogen) atoms. The Balaban J connectivity index is 1.65. The largest absolute Gasteiger partial charge is 0.480 e. The summed E-state index contributed by atoms with van der Waals surface area (Å²) in [6, 6.07) is -0.854. The molecule has 0 saturated carbocycles. The van der Waals surface area contributed by atoms with Gasteiger partial charge in [0.1, 0.15) is 6.04 Å². The van der Waals surface area contributed by atoms with Crippen LogP contribution in [0.5, 0.6) is 0 Å². The Morgan fingerprint density at radius 1 is 1.50 bits per heavy atom. The number of carboxylic acid groups (broad SMARTS) is 1. The molecule has 1 aliphatic heterocycles. The van der Waals surface area contributed by atoms with Gasteiger partial charge in [0.2, 0.25) is 5.91 Å². The molecular weight excluding hydrogens is 286 g/mol. The van der Waals surface area contributed by atoms with E-state index in [0.29, 0.717) is 19.6 Å². The lowest BCUT2D eigenvalue weighted by Crippen LogP contribution is -2.44. The minimum absolute atomic E-state index is 0.204. The van der Waals surface area contributed by atoms with E-state index in [2.05, 4.69) is 15.5 Å². The molecule has 7 nitrogen and oxygen atoms in total. The molecule has 2 aliphatic rings. The second-order valence-electron chi connectivity index (χ2n) is 6.12. The summed E-state index contributed by atoms with van der Waals surface area (Å²) in [5, 5.41) is 18.9. The Kier molecular flexibility index (Phi) is 4.42. The number of carbonyl (C=O) groups is 2. The van der Waals surface area contributed by atoms with Crippen LogP contribution < -0.4 is 5.32 Å². The molecule has 0 spiro atoms. The first-order valence-electron chi connectivity index (χ1n) is 7.78. The Labute approximate surface area is 128 Å². The number of nitrogens with zero attached hydrogens (tertiary/aromatic N) is 1. The lowest BCUT2D eigenvalue weighted by Gasteiger charge is -2.24. The van der Waals surface area contributed by atoms with E-state index in [0.717, 1.165) is 36.9 Å². The van der Waals surface area contributed by atoms with E-state index < -0.39 is 12.0 Å². The lowest BCUT2D eigenvalue weighted by molar-refractivity contribution is -0.142. The van der Waals surface area contributed by atoms with E-state index in [1.54, 1.807) is 6.20 Å². The Hall–Kier alpha value is -1.89. The van der Waals surface area contributed by atoms with Gasteiger partial charge in [0, 0.05) is 13.2 Å². The Morgan fingerprint density at radius 2 is 2.36 bits per heavy atom. The normalized spacial score (nSPS) is 25.5. The van der Waals surface area contributed by atoms with Crippen LogP contribution in [0, 0.1) is 5.92 Å². The number of ether oxygens (including phenoxy) is 1. The van der Waals surface area contributed by atoms with Crippen LogP contribution in [-0.4, -0.2) is 46.4 Å². The molecule has 0 bridgehead atoms. The molecule has 1 amide bonds. The van der Waals surface area contributed by atoms with E-state index in [-0.39, 0.29) is 17.7 Å². The minimum atomic E-state index is -0.985. The number of aromatic nitrogens is 2. The number of hydrogen-bond donors (Lipinski definition) is 3. The van der Waals surface area contributed by atoms with Crippen molar-refractivity contribution in [3.05, 3.63) is 17.5 Å². The molecule has 1 aromatic heterocycles. The standard InChI is InChI=1S/C15H21N3O4/c19-14(11-3-1-2-10-7-16-18-13(10)11)17-12(15(20)21)6-9-4-5-22-8-9/h7,9,11-12H,1-6,8H2,(H,16,18)(H,17,19)(H,20,21). The first-order valence-corrected chi connectivity index (χ1v) is 7.78. The monoisotopic (exact) mass is 307 g/mol. The number of carbonyl (C=O) groups excluding carboxylic acids is 1. The number of rotatable bonds is 5. The summed E-state index contributed by atoms with van der Waals surface area (Å²) < 4.78 is 5.28. The van der Waals surface area contributed by atoms with Crippen LogP contribution in [-0.2, 0) is 20.7 Å². The molecule has 3 atom stereocenters. The lowest BCUT2D eigenvalue weighted by atomic mass is 9.87. The van der Waals surface area contributed by atoms with Gasteiger partial charge in [-0.25, -0.2) is 4.79 Å². The number of carboxylic acids is 1. The summed E-state index contributed by atoms with van der Waals surface area (Å²) in [4.78, 5) is 23.9. The number of amides is 1. The third-order valence-corrected chi connectivity index (χ3v) is 4.56. The molecule has 7 heteroatoms. The molecule has 1 saturated heterocycles. The van der Waals surface area contributed by atoms with Gasteiger partial charge in [0.05, 0.1) is 17.8 Å². The highest BCUT2D eigenvalue weighted by atomic mass is 16.5. The number of H-pyrrole nitrogens is 1. The summed E-state index contributed by atoms with van der Waals surface area (Å²) in [5.74, 6) is -1.33. The summed E-state index contributed by atoms with van der Waals surface area (Å²) >= 11 is 0. The highest BCUT2D eigenvalue weighted by Crippen LogP contribution is 2.30. The fourth-order valence-electron chi connectivity index (χ4n) is 3.32. The average Bonchev–Trinajstić information content (AvgIpc) is 3.16. The number of fused-ring (bicyclic) bond motifs is 1. The third-order valence-electron chi connectivity index (χ3n) is 4.56. The van der Waals surface area contributed by atoms with E-state index in [1.807, 2.05) is 0 Å². The van der Waals surface area contributed by atoms with Crippen molar-refractivity contribution in [2.24, 2.45) is 5.92 Å². The van der Waals surface area contributed by atoms with Gasteiger partial charge in [0.15, 0.2) is 0 Å². The first kappa shape index (κ1) is 15.0. The molecule has 2 heterocycles. The van der Waals surface area contributed by atoms with Crippen molar-refractivity contribution in [2.45, 2.75) is 44.1 Å². The Morgan fingerprint density at radius 3 is 3.09 bits per heavy atom. The minimum Gasteiger partial charge on any atom is -0.480 e. The van der Waals surface area contributed by atoms with Gasteiger partial charge >= 0.3 is 5.97 Å². The van der Waals surface area contributed by atoms with Crippen LogP contribution in [0.1, 0.15) is 42.9 Å². The summed E-state index contributed by atoms with van der Waals surface area (Å²) in [6.45, 7) is 1.25. The van der Waals surface area contributed by atoms with Crippen molar-refractivity contribution in [1.29, 1.82) is 0 Å². The zero-order chi connectivity index (χ0) is 15.5. The molecule has 120 valence electrons. The van der Waals surface area contributed by atoms with E-state index >= 15 is 0 Å². The van der Waals surface area contributed by atoms with Crippen LogP contribution >= 0.6 is 0 Å². The molecule has 0 aromatic carbocycles. The van der Waals surface area contributed by atoms with Crippen molar-refractivity contribution in [1.82, 2.24) is 15.5 Å². The second kappa shape index (κ2) is 6.48. The number of aromatic amines is 1. The van der Waals surface area contributed by atoms with Gasteiger partial charge in [-0.3, -0.25) is 9.89 Å². The predicted octanol–water partition coefficient (Wildman–Crippen LogP) is 0.826. The molecule has 3 N–H and O–H groups in total. The average molecular weight is 307 g/mol. The van der Waals surface area contributed by atoms with Crippen LogP contribution in [0.2, 0.25) is 0 Å². The predicted molar refractivity (Wildman–Crippen MR) is 77.4 cm³/mol. The zero-order valence-corrected chi connectivity index (χ0v) is 12.4. The van der Waals surface area contributed by atoms with E-state index in [4.69, 9.17) is 4.74 Å².